The molecule has 0 radical (unpaired) electrons. The van der Waals surface area contributed by atoms with E-state index < -0.39 is 0 Å². The van der Waals surface area contributed by atoms with E-state index in [0.717, 1.165) is 29.2 Å². The van der Waals surface area contributed by atoms with Crippen molar-refractivity contribution in [2.24, 2.45) is 17.8 Å². The summed E-state index contributed by atoms with van der Waals surface area (Å²) in [7, 11) is 0. The first-order chi connectivity index (χ1) is 15.1. The molecular weight excluding hydrogens is 402 g/mol. The van der Waals surface area contributed by atoms with Crippen LogP contribution in [0, 0.1) is 17.8 Å². The van der Waals surface area contributed by atoms with Crippen LogP contribution in [0.15, 0.2) is 54.6 Å². The van der Waals surface area contributed by atoms with Gasteiger partial charge in [-0.1, -0.05) is 53.8 Å². The summed E-state index contributed by atoms with van der Waals surface area (Å²) in [4.78, 5) is 12.8. The first kappa shape index (κ1) is 19.2. The highest BCUT2D eigenvalue weighted by Crippen LogP contribution is 2.61. The van der Waals surface area contributed by atoms with Gasteiger partial charge in [0.15, 0.2) is 0 Å². The zero-order valence-corrected chi connectivity index (χ0v) is 18.4. The molecule has 5 heteroatoms. The molecule has 0 spiro atoms. The Hall–Kier alpha value is -2.53. The minimum Gasteiger partial charge on any atom is -0.296 e. The van der Waals surface area contributed by atoms with Gasteiger partial charge in [0.25, 0.3) is 5.91 Å². The molecule has 4 nitrogen and oxygen atoms in total. The molecule has 3 aromatic rings. The van der Waals surface area contributed by atoms with Crippen molar-refractivity contribution in [1.82, 2.24) is 10.2 Å². The molecule has 1 heterocycles. The number of nitrogens with zero attached hydrogens (tertiary/aromatic N) is 2. The van der Waals surface area contributed by atoms with E-state index in [0.29, 0.717) is 10.7 Å². The molecular formula is C26H27N3OS. The zero-order valence-electron chi connectivity index (χ0n) is 17.6. The number of hydrogen-bond acceptors (Lipinski definition) is 4. The van der Waals surface area contributed by atoms with Crippen LogP contribution < -0.4 is 5.32 Å². The molecule has 4 aliphatic carbocycles. The molecule has 1 amide bonds. The normalized spacial score (nSPS) is 28.6. The van der Waals surface area contributed by atoms with Crippen LogP contribution in [0.4, 0.5) is 5.13 Å². The Morgan fingerprint density at radius 1 is 0.871 bits per heavy atom. The molecule has 4 bridgehead atoms. The average molecular weight is 430 g/mol. The van der Waals surface area contributed by atoms with Crippen molar-refractivity contribution in [3.05, 3.63) is 76.3 Å². The Balaban J connectivity index is 1.13. The van der Waals surface area contributed by atoms with Crippen LogP contribution in [0.2, 0.25) is 0 Å². The maximum absolute atomic E-state index is 12.8. The van der Waals surface area contributed by atoms with E-state index in [-0.39, 0.29) is 11.3 Å². The Kier molecular flexibility index (Phi) is 4.67. The number of hydrogen-bond donors (Lipinski definition) is 1. The lowest BCUT2D eigenvalue weighted by Gasteiger charge is -2.55. The molecule has 2 aromatic carbocycles. The van der Waals surface area contributed by atoms with Gasteiger partial charge in [-0.15, -0.1) is 10.2 Å². The third-order valence-corrected chi connectivity index (χ3v) is 8.69. The van der Waals surface area contributed by atoms with Crippen LogP contribution in [0.3, 0.4) is 0 Å². The molecule has 7 rings (SSSR count). The van der Waals surface area contributed by atoms with Gasteiger partial charge >= 0.3 is 0 Å². The third-order valence-electron chi connectivity index (χ3n) is 7.60. The molecule has 1 aromatic heterocycles. The standard InChI is InChI=1S/C26H27N3OS/c30-23(22-8-6-18(7-9-22)10-17-4-2-1-3-5-17)27-25-29-28-24(31-25)26-14-19-11-20(15-26)13-21(12-19)16-26/h1-9,19-21H,10-16H2,(H,27,29,30). The first-order valence-corrected chi connectivity index (χ1v) is 12.3. The number of carbonyl (C=O) groups is 1. The Bertz CT molecular complexity index is 1050. The van der Waals surface area contributed by atoms with Crippen molar-refractivity contribution in [1.29, 1.82) is 0 Å². The lowest BCUT2D eigenvalue weighted by Crippen LogP contribution is -2.48. The fourth-order valence-corrected chi connectivity index (χ4v) is 7.59. The van der Waals surface area contributed by atoms with Gasteiger partial charge in [0.1, 0.15) is 5.01 Å². The molecule has 158 valence electrons. The smallest absolute Gasteiger partial charge is 0.257 e. The second-order valence-corrected chi connectivity index (χ2v) is 10.9. The number of rotatable bonds is 5. The van der Waals surface area contributed by atoms with Gasteiger partial charge in [-0.2, -0.15) is 0 Å². The average Bonchev–Trinajstić information content (AvgIpc) is 3.23. The fourth-order valence-electron chi connectivity index (χ4n) is 6.64. The number of carbonyl (C=O) groups excluding carboxylic acids is 1. The van der Waals surface area contributed by atoms with E-state index in [1.807, 2.05) is 30.3 Å². The SMILES string of the molecule is O=C(Nc1nnc(C23CC4CC(CC(C4)C2)C3)s1)c1ccc(Cc2ccccc2)cc1. The van der Waals surface area contributed by atoms with Crippen LogP contribution >= 0.6 is 11.3 Å². The second-order valence-electron chi connectivity index (χ2n) is 9.92. The van der Waals surface area contributed by atoms with Crippen LogP contribution in [-0.2, 0) is 11.8 Å². The highest BCUT2D eigenvalue weighted by Gasteiger charge is 2.53. The zero-order chi connectivity index (χ0) is 20.8. The number of anilines is 1. The van der Waals surface area contributed by atoms with Crippen molar-refractivity contribution in [2.75, 3.05) is 5.32 Å². The largest absolute Gasteiger partial charge is 0.296 e. The van der Waals surface area contributed by atoms with Gasteiger partial charge in [0, 0.05) is 11.0 Å². The van der Waals surface area contributed by atoms with Crippen LogP contribution in [-0.4, -0.2) is 16.1 Å². The summed E-state index contributed by atoms with van der Waals surface area (Å²) in [6.45, 7) is 0. The van der Waals surface area contributed by atoms with E-state index in [1.165, 1.54) is 49.7 Å². The fraction of sp³-hybridized carbons (Fsp3) is 0.423. The van der Waals surface area contributed by atoms with Crippen LogP contribution in [0.5, 0.6) is 0 Å². The van der Waals surface area contributed by atoms with Crippen LogP contribution in [0.1, 0.15) is 65.0 Å². The molecule has 1 N–H and O–H groups in total. The Labute approximate surface area is 187 Å². The molecule has 4 saturated carbocycles. The quantitative estimate of drug-likeness (QED) is 0.553. The van der Waals surface area contributed by atoms with Crippen LogP contribution in [0.25, 0.3) is 0 Å². The lowest BCUT2D eigenvalue weighted by atomic mass is 9.50. The molecule has 0 atom stereocenters. The van der Waals surface area contributed by atoms with E-state index >= 15 is 0 Å². The lowest BCUT2D eigenvalue weighted by molar-refractivity contribution is -0.00555. The van der Waals surface area contributed by atoms with E-state index in [2.05, 4.69) is 39.8 Å². The number of amides is 1. The predicted molar refractivity (Wildman–Crippen MR) is 123 cm³/mol. The first-order valence-electron chi connectivity index (χ1n) is 11.4. The van der Waals surface area contributed by atoms with E-state index in [9.17, 15) is 4.79 Å². The Morgan fingerprint density at radius 3 is 2.13 bits per heavy atom. The predicted octanol–water partition coefficient (Wildman–Crippen LogP) is 5.85. The summed E-state index contributed by atoms with van der Waals surface area (Å²) in [5.74, 6) is 2.52. The maximum atomic E-state index is 12.8. The molecule has 31 heavy (non-hydrogen) atoms. The molecule has 0 saturated heterocycles. The number of benzene rings is 2. The van der Waals surface area contributed by atoms with Gasteiger partial charge in [-0.25, -0.2) is 0 Å². The van der Waals surface area contributed by atoms with Crippen molar-refractivity contribution >= 4 is 22.4 Å². The Morgan fingerprint density at radius 2 is 1.48 bits per heavy atom. The van der Waals surface area contributed by atoms with Gasteiger partial charge in [0.05, 0.1) is 0 Å². The van der Waals surface area contributed by atoms with Crippen molar-refractivity contribution in [3.63, 3.8) is 0 Å². The monoisotopic (exact) mass is 429 g/mol. The summed E-state index contributed by atoms with van der Waals surface area (Å²) >= 11 is 1.60. The topological polar surface area (TPSA) is 54.9 Å². The number of aromatic nitrogens is 2. The van der Waals surface area contributed by atoms with Gasteiger partial charge in [-0.3, -0.25) is 10.1 Å². The molecule has 0 aliphatic heterocycles. The highest BCUT2D eigenvalue weighted by atomic mass is 32.1. The van der Waals surface area contributed by atoms with Gasteiger partial charge in [-0.05, 0) is 86.0 Å². The summed E-state index contributed by atoms with van der Waals surface area (Å²) < 4.78 is 0. The van der Waals surface area contributed by atoms with Crippen molar-refractivity contribution < 1.29 is 4.79 Å². The summed E-state index contributed by atoms with van der Waals surface area (Å²) in [5.41, 5.74) is 3.35. The third kappa shape index (κ3) is 3.69. The molecule has 0 unspecified atom stereocenters. The van der Waals surface area contributed by atoms with Crippen molar-refractivity contribution in [2.45, 2.75) is 50.4 Å². The molecule has 4 fully saturated rings. The minimum absolute atomic E-state index is 0.112. The van der Waals surface area contributed by atoms with Gasteiger partial charge < -0.3 is 0 Å². The van der Waals surface area contributed by atoms with E-state index in [4.69, 9.17) is 0 Å². The van der Waals surface area contributed by atoms with E-state index in [1.54, 1.807) is 11.3 Å². The number of nitrogens with one attached hydrogen (secondary N) is 1. The van der Waals surface area contributed by atoms with Crippen molar-refractivity contribution in [3.8, 4) is 0 Å². The highest BCUT2D eigenvalue weighted by molar-refractivity contribution is 7.15. The summed E-state index contributed by atoms with van der Waals surface area (Å²) in [5, 5.41) is 13.7. The maximum Gasteiger partial charge on any atom is 0.257 e. The second kappa shape index (κ2) is 7.56. The summed E-state index contributed by atoms with van der Waals surface area (Å²) in [6, 6.07) is 18.2. The summed E-state index contributed by atoms with van der Waals surface area (Å²) in [6.07, 6.45) is 8.93. The minimum atomic E-state index is -0.112. The molecule has 4 aliphatic rings. The van der Waals surface area contributed by atoms with Gasteiger partial charge in [0.2, 0.25) is 5.13 Å².